The van der Waals surface area contributed by atoms with E-state index >= 15 is 0 Å². The number of nitriles is 1. The molecule has 0 radical (unpaired) electrons. The average molecular weight is 479 g/mol. The second kappa shape index (κ2) is 9.11. The van der Waals surface area contributed by atoms with Gasteiger partial charge in [-0.2, -0.15) is 5.26 Å². The highest BCUT2D eigenvalue weighted by molar-refractivity contribution is 6.30. The third kappa shape index (κ3) is 4.03. The van der Waals surface area contributed by atoms with E-state index in [2.05, 4.69) is 11.4 Å². The van der Waals surface area contributed by atoms with Crippen LogP contribution < -0.4 is 5.32 Å². The normalized spacial score (nSPS) is 21.8. The molecule has 2 heterocycles. The molecule has 3 atom stereocenters. The lowest BCUT2D eigenvalue weighted by Gasteiger charge is -2.33. The molecule has 8 heteroatoms. The van der Waals surface area contributed by atoms with Gasteiger partial charge in [-0.3, -0.25) is 14.4 Å². The Labute approximate surface area is 204 Å². The molecule has 34 heavy (non-hydrogen) atoms. The summed E-state index contributed by atoms with van der Waals surface area (Å²) in [6.07, 6.45) is 0.653. The zero-order chi connectivity index (χ0) is 24.6. The maximum absolute atomic E-state index is 13.9. The number of likely N-dealkylation sites (N-methyl/N-ethyl adjacent to an activating group) is 1. The molecule has 0 saturated carbocycles. The Bertz CT molecular complexity index is 1170. The Hall–Kier alpha value is -3.37. The molecule has 0 bridgehead atoms. The number of carbonyl (C=O) groups excluding carboxylic acids is 3. The number of anilines is 1. The smallest absolute Gasteiger partial charge is 0.254 e. The van der Waals surface area contributed by atoms with Gasteiger partial charge in [-0.1, -0.05) is 43.6 Å². The Morgan fingerprint density at radius 2 is 1.91 bits per heavy atom. The first-order valence-electron chi connectivity index (χ1n) is 11.3. The fourth-order valence-corrected chi connectivity index (χ4v) is 5.11. The molecule has 2 aromatic carbocycles. The summed E-state index contributed by atoms with van der Waals surface area (Å²) in [7, 11) is 1.60. The van der Waals surface area contributed by atoms with Crippen molar-refractivity contribution in [2.75, 3.05) is 18.9 Å². The Kier molecular flexibility index (Phi) is 6.37. The molecule has 0 aliphatic carbocycles. The van der Waals surface area contributed by atoms with E-state index in [1.807, 2.05) is 38.1 Å². The number of amides is 3. The molecule has 2 aromatic rings. The second-order valence-electron chi connectivity index (χ2n) is 9.47. The summed E-state index contributed by atoms with van der Waals surface area (Å²) in [5, 5.41) is 13.3. The van der Waals surface area contributed by atoms with Crippen LogP contribution in [-0.2, 0) is 15.0 Å². The Morgan fingerprint density at radius 1 is 1.24 bits per heavy atom. The SMILES string of the molecule is CC(C)C[C@@H](C(=O)N1C[C@]2(CC1C#N)C(=O)Nc1ccccc12)N(C)C(=O)c1ccc(Cl)cc1. The number of nitrogens with one attached hydrogen (secondary N) is 1. The van der Waals surface area contributed by atoms with Gasteiger partial charge in [-0.15, -0.1) is 0 Å². The number of hydrogen-bond donors (Lipinski definition) is 1. The first-order chi connectivity index (χ1) is 16.2. The van der Waals surface area contributed by atoms with Crippen LogP contribution in [0.5, 0.6) is 0 Å². The first-order valence-corrected chi connectivity index (χ1v) is 11.7. The predicted molar refractivity (Wildman–Crippen MR) is 129 cm³/mol. The van der Waals surface area contributed by atoms with E-state index in [9.17, 15) is 19.6 Å². The maximum atomic E-state index is 13.9. The van der Waals surface area contributed by atoms with Crippen molar-refractivity contribution in [1.82, 2.24) is 9.80 Å². The molecule has 2 aliphatic rings. The molecular formula is C26H27ClN4O3. The molecule has 1 fully saturated rings. The minimum absolute atomic E-state index is 0.102. The highest BCUT2D eigenvalue weighted by Crippen LogP contribution is 2.46. The largest absolute Gasteiger partial charge is 0.330 e. The molecule has 3 amide bonds. The quantitative estimate of drug-likeness (QED) is 0.706. The highest BCUT2D eigenvalue weighted by atomic mass is 35.5. The van der Waals surface area contributed by atoms with Crippen LogP contribution in [0.2, 0.25) is 5.02 Å². The second-order valence-corrected chi connectivity index (χ2v) is 9.90. The van der Waals surface area contributed by atoms with E-state index in [0.717, 1.165) is 5.56 Å². The van der Waals surface area contributed by atoms with Crippen LogP contribution in [0.25, 0.3) is 0 Å². The zero-order valence-electron chi connectivity index (χ0n) is 19.4. The summed E-state index contributed by atoms with van der Waals surface area (Å²) >= 11 is 5.95. The van der Waals surface area contributed by atoms with Gasteiger partial charge in [-0.25, -0.2) is 0 Å². The van der Waals surface area contributed by atoms with Crippen LogP contribution in [0.4, 0.5) is 5.69 Å². The minimum Gasteiger partial charge on any atom is -0.330 e. The number of halogens is 1. The average Bonchev–Trinajstić information content (AvgIpc) is 3.35. The molecule has 1 unspecified atom stereocenters. The van der Waals surface area contributed by atoms with E-state index in [-0.39, 0.29) is 36.6 Å². The van der Waals surface area contributed by atoms with Gasteiger partial charge in [0.1, 0.15) is 12.1 Å². The number of benzene rings is 2. The van der Waals surface area contributed by atoms with Crippen molar-refractivity contribution < 1.29 is 14.4 Å². The number of para-hydroxylation sites is 1. The number of nitrogens with zero attached hydrogens (tertiary/aromatic N) is 3. The van der Waals surface area contributed by atoms with Gasteiger partial charge in [0, 0.05) is 36.3 Å². The van der Waals surface area contributed by atoms with Gasteiger partial charge < -0.3 is 15.1 Å². The van der Waals surface area contributed by atoms with Crippen molar-refractivity contribution in [2.24, 2.45) is 5.92 Å². The highest BCUT2D eigenvalue weighted by Gasteiger charge is 2.56. The van der Waals surface area contributed by atoms with E-state index < -0.39 is 17.5 Å². The maximum Gasteiger partial charge on any atom is 0.254 e. The molecule has 7 nitrogen and oxygen atoms in total. The minimum atomic E-state index is -0.964. The number of rotatable bonds is 5. The molecule has 1 N–H and O–H groups in total. The van der Waals surface area contributed by atoms with Gasteiger partial charge in [0.2, 0.25) is 11.8 Å². The lowest BCUT2D eigenvalue weighted by molar-refractivity contribution is -0.136. The fraction of sp³-hybridized carbons (Fsp3) is 0.385. The number of carbonyl (C=O) groups is 3. The van der Waals surface area contributed by atoms with Gasteiger partial charge in [-0.05, 0) is 48.2 Å². The number of hydrogen-bond acceptors (Lipinski definition) is 4. The van der Waals surface area contributed by atoms with Crippen molar-refractivity contribution in [2.45, 2.75) is 44.2 Å². The monoisotopic (exact) mass is 478 g/mol. The number of fused-ring (bicyclic) bond motifs is 2. The van der Waals surface area contributed by atoms with Gasteiger partial charge in [0.25, 0.3) is 5.91 Å². The molecule has 2 aliphatic heterocycles. The van der Waals surface area contributed by atoms with Crippen molar-refractivity contribution in [3.05, 3.63) is 64.7 Å². The first kappa shape index (κ1) is 23.8. The van der Waals surface area contributed by atoms with Gasteiger partial charge >= 0.3 is 0 Å². The Morgan fingerprint density at radius 3 is 2.56 bits per heavy atom. The molecule has 176 valence electrons. The lowest BCUT2D eigenvalue weighted by Crippen LogP contribution is -2.52. The fourth-order valence-electron chi connectivity index (χ4n) is 4.99. The third-order valence-electron chi connectivity index (χ3n) is 6.77. The third-order valence-corrected chi connectivity index (χ3v) is 7.03. The van der Waals surface area contributed by atoms with Crippen LogP contribution in [0.3, 0.4) is 0 Å². The molecular weight excluding hydrogens is 452 g/mol. The zero-order valence-corrected chi connectivity index (χ0v) is 20.2. The van der Waals surface area contributed by atoms with E-state index in [4.69, 9.17) is 11.6 Å². The topological polar surface area (TPSA) is 93.5 Å². The Balaban J connectivity index is 1.65. The van der Waals surface area contributed by atoms with Crippen molar-refractivity contribution in [3.63, 3.8) is 0 Å². The summed E-state index contributed by atoms with van der Waals surface area (Å²) in [4.78, 5) is 43.0. The van der Waals surface area contributed by atoms with Crippen LogP contribution in [0.1, 0.15) is 42.6 Å². The lowest BCUT2D eigenvalue weighted by atomic mass is 9.80. The predicted octanol–water partition coefficient (Wildman–Crippen LogP) is 3.84. The number of likely N-dealkylation sites (tertiary alicyclic amines) is 1. The molecule has 1 saturated heterocycles. The standard InChI is InChI=1S/C26H27ClN4O3/c1-16(2)12-22(30(3)23(32)17-8-10-18(27)11-9-17)24(33)31-15-26(13-19(31)14-28)20-6-4-5-7-21(20)29-25(26)34/h4-11,16,19,22H,12-13,15H2,1-3H3,(H,29,34)/t19?,22-,26-/m0/s1. The molecule has 1 spiro atoms. The summed E-state index contributed by atoms with van der Waals surface area (Å²) in [5.74, 6) is -0.696. The van der Waals surface area contributed by atoms with Crippen LogP contribution in [0.15, 0.2) is 48.5 Å². The van der Waals surface area contributed by atoms with Crippen LogP contribution in [0, 0.1) is 17.2 Å². The van der Waals surface area contributed by atoms with Crippen LogP contribution >= 0.6 is 11.6 Å². The van der Waals surface area contributed by atoms with Gasteiger partial charge in [0.05, 0.1) is 11.5 Å². The van der Waals surface area contributed by atoms with E-state index in [0.29, 0.717) is 22.7 Å². The molecule has 0 aromatic heterocycles. The van der Waals surface area contributed by atoms with Crippen molar-refractivity contribution >= 4 is 35.0 Å². The summed E-state index contributed by atoms with van der Waals surface area (Å²) in [5.41, 5.74) is 0.981. The van der Waals surface area contributed by atoms with E-state index in [1.165, 1.54) is 9.80 Å². The van der Waals surface area contributed by atoms with Gasteiger partial charge in [0.15, 0.2) is 0 Å². The van der Waals surface area contributed by atoms with E-state index in [1.54, 1.807) is 31.3 Å². The summed E-state index contributed by atoms with van der Waals surface area (Å²) in [6.45, 7) is 4.06. The van der Waals surface area contributed by atoms with Crippen molar-refractivity contribution in [3.8, 4) is 6.07 Å². The van der Waals surface area contributed by atoms with Crippen molar-refractivity contribution in [1.29, 1.82) is 5.26 Å². The summed E-state index contributed by atoms with van der Waals surface area (Å²) in [6, 6.07) is 14.6. The molecule has 4 rings (SSSR count). The summed E-state index contributed by atoms with van der Waals surface area (Å²) < 4.78 is 0. The van der Waals surface area contributed by atoms with Crippen LogP contribution in [-0.4, -0.2) is 53.2 Å².